The Bertz CT molecular complexity index is 2220. The fraction of sp³-hybridized carbons (Fsp3) is 0.475. The number of hydrogen-bond acceptors (Lipinski definition) is 9. The van der Waals surface area contributed by atoms with Crippen molar-refractivity contribution in [2.24, 2.45) is 5.92 Å². The van der Waals surface area contributed by atoms with Crippen molar-refractivity contribution in [3.8, 4) is 11.6 Å². The molecular formula is C40H45F2N7O6. The second-order valence-electron chi connectivity index (χ2n) is 15.0. The summed E-state index contributed by atoms with van der Waals surface area (Å²) in [5, 5.41) is 19.6. The third-order valence-electron chi connectivity index (χ3n) is 11.2. The molecule has 3 aliphatic heterocycles. The van der Waals surface area contributed by atoms with E-state index in [1.807, 2.05) is 23.2 Å². The highest BCUT2D eigenvalue weighted by atomic mass is 19.3. The topological polar surface area (TPSA) is 141 Å². The van der Waals surface area contributed by atoms with E-state index in [9.17, 15) is 14.7 Å². The zero-order chi connectivity index (χ0) is 38.4. The first-order valence-corrected chi connectivity index (χ1v) is 19.0. The van der Waals surface area contributed by atoms with Gasteiger partial charge in [0.1, 0.15) is 5.92 Å². The van der Waals surface area contributed by atoms with Gasteiger partial charge in [-0.15, -0.1) is 0 Å². The molecule has 1 aromatic carbocycles. The molecule has 1 atom stereocenters. The predicted molar refractivity (Wildman–Crippen MR) is 198 cm³/mol. The van der Waals surface area contributed by atoms with Crippen molar-refractivity contribution in [3.05, 3.63) is 76.6 Å². The van der Waals surface area contributed by atoms with Crippen LogP contribution >= 0.6 is 0 Å². The van der Waals surface area contributed by atoms with Crippen LogP contribution in [0.2, 0.25) is 0 Å². The molecule has 1 amide bonds. The van der Waals surface area contributed by atoms with Gasteiger partial charge in [-0.2, -0.15) is 5.10 Å². The minimum Gasteiger partial charge on any atom is -0.481 e. The van der Waals surface area contributed by atoms with Crippen molar-refractivity contribution in [1.82, 2.24) is 29.4 Å². The summed E-state index contributed by atoms with van der Waals surface area (Å²) in [7, 11) is 0. The summed E-state index contributed by atoms with van der Waals surface area (Å²) in [5.41, 5.74) is 5.58. The number of pyridine rings is 1. The average Bonchev–Trinajstić information content (AvgIpc) is 3.90. The third kappa shape index (κ3) is 6.94. The van der Waals surface area contributed by atoms with Crippen LogP contribution in [0.4, 0.5) is 20.3 Å². The maximum Gasteiger partial charge on any atom is 0.314 e. The van der Waals surface area contributed by atoms with Gasteiger partial charge in [-0.1, -0.05) is 13.8 Å². The van der Waals surface area contributed by atoms with Gasteiger partial charge in [0.05, 0.1) is 36.6 Å². The van der Waals surface area contributed by atoms with Gasteiger partial charge in [-0.25, -0.2) is 8.78 Å². The Morgan fingerprint density at radius 3 is 2.65 bits per heavy atom. The van der Waals surface area contributed by atoms with Crippen molar-refractivity contribution in [2.75, 3.05) is 37.8 Å². The molecule has 1 unspecified atom stereocenters. The molecule has 1 N–H and O–H groups in total. The monoisotopic (exact) mass is 757 g/mol. The zero-order valence-electron chi connectivity index (χ0n) is 31.2. The number of fused-ring (bicyclic) bond motifs is 3. The Morgan fingerprint density at radius 2 is 1.91 bits per heavy atom. The number of amides is 1. The van der Waals surface area contributed by atoms with Crippen LogP contribution in [-0.2, 0) is 40.1 Å². The summed E-state index contributed by atoms with van der Waals surface area (Å²) >= 11 is 0. The van der Waals surface area contributed by atoms with Crippen LogP contribution in [0, 0.1) is 5.92 Å². The van der Waals surface area contributed by atoms with Crippen LogP contribution in [0.25, 0.3) is 16.6 Å². The first-order chi connectivity index (χ1) is 26.6. The van der Waals surface area contributed by atoms with E-state index in [0.29, 0.717) is 69.0 Å². The molecule has 8 rings (SSSR count). The molecule has 3 aliphatic rings. The highest BCUT2D eigenvalue weighted by Gasteiger charge is 2.35. The summed E-state index contributed by atoms with van der Waals surface area (Å²) < 4.78 is 51.2. The molecule has 1 saturated heterocycles. The van der Waals surface area contributed by atoms with Crippen LogP contribution in [0.1, 0.15) is 92.1 Å². The number of halogens is 2. The maximum atomic E-state index is 15.2. The van der Waals surface area contributed by atoms with Gasteiger partial charge >= 0.3 is 5.97 Å². The largest absolute Gasteiger partial charge is 0.481 e. The summed E-state index contributed by atoms with van der Waals surface area (Å²) in [6.45, 7) is 8.36. The van der Waals surface area contributed by atoms with Crippen molar-refractivity contribution in [1.29, 1.82) is 0 Å². The zero-order valence-corrected chi connectivity index (χ0v) is 31.2. The molecular weight excluding hydrogens is 712 g/mol. The number of aromatic nitrogens is 5. The first kappa shape index (κ1) is 36.7. The average molecular weight is 758 g/mol. The Morgan fingerprint density at radius 1 is 1.09 bits per heavy atom. The van der Waals surface area contributed by atoms with E-state index in [2.05, 4.69) is 19.7 Å². The lowest BCUT2D eigenvalue weighted by Crippen LogP contribution is -2.36. The molecule has 1 fully saturated rings. The second-order valence-corrected chi connectivity index (χ2v) is 15.0. The molecule has 0 saturated carbocycles. The van der Waals surface area contributed by atoms with E-state index in [4.69, 9.17) is 19.1 Å². The SMILES string of the molecule is CC(=O)N1CCc2c(c(N3CCCc4cc(-n5cc(CCOc6cc(C(C(=O)O)C(C)C)on6)c6ccncc65)c(C(F)F)cc43)nn2C2CCOCC2)C1. The lowest BCUT2D eigenvalue weighted by atomic mass is 9.94. The molecule has 5 aromatic rings. The van der Waals surface area contributed by atoms with Crippen molar-refractivity contribution < 1.29 is 37.5 Å². The Balaban J connectivity index is 1.12. The van der Waals surface area contributed by atoms with Gasteiger partial charge in [0.2, 0.25) is 5.91 Å². The molecule has 15 heteroatoms. The van der Waals surface area contributed by atoms with Crippen molar-refractivity contribution in [3.63, 3.8) is 0 Å². The van der Waals surface area contributed by atoms with Gasteiger partial charge in [0, 0.05) is 92.4 Å². The van der Waals surface area contributed by atoms with E-state index in [1.54, 1.807) is 43.8 Å². The number of carbonyl (C=O) groups is 2. The summed E-state index contributed by atoms with van der Waals surface area (Å²) in [4.78, 5) is 32.5. The van der Waals surface area contributed by atoms with Crippen LogP contribution in [0.15, 0.2) is 47.4 Å². The fourth-order valence-electron chi connectivity index (χ4n) is 8.42. The molecule has 0 aliphatic carbocycles. The maximum absolute atomic E-state index is 15.2. The highest BCUT2D eigenvalue weighted by Crippen LogP contribution is 2.43. The van der Waals surface area contributed by atoms with Gasteiger partial charge in [0.25, 0.3) is 12.3 Å². The predicted octanol–water partition coefficient (Wildman–Crippen LogP) is 6.93. The molecule has 4 aromatic heterocycles. The summed E-state index contributed by atoms with van der Waals surface area (Å²) in [6.07, 6.45) is 6.76. The number of ether oxygens (including phenoxy) is 2. The smallest absolute Gasteiger partial charge is 0.314 e. The number of anilines is 2. The molecule has 13 nitrogen and oxygen atoms in total. The van der Waals surface area contributed by atoms with Gasteiger partial charge < -0.3 is 33.5 Å². The molecule has 0 bridgehead atoms. The Labute approximate surface area is 316 Å². The highest BCUT2D eigenvalue weighted by molar-refractivity contribution is 5.86. The number of aliphatic carboxylic acids is 1. The lowest BCUT2D eigenvalue weighted by molar-refractivity contribution is -0.140. The number of alkyl halides is 2. The Hall–Kier alpha value is -5.31. The number of carboxylic acid groups (broad SMARTS) is 1. The van der Waals surface area contributed by atoms with E-state index in [1.165, 1.54) is 6.07 Å². The van der Waals surface area contributed by atoms with Gasteiger partial charge in [-0.05, 0) is 66.1 Å². The van der Waals surface area contributed by atoms with Crippen molar-refractivity contribution >= 4 is 34.3 Å². The standard InChI is InChI=1S/C40H45F2N7O6/c1-23(2)37(40(51)52)35-19-36(45-55-35)54-16-8-26-21-48(34-20-43-11-6-28(26)34)33-17-25-5-4-12-47(32(25)18-29(33)38(41)42)39-30-22-46(24(3)50)13-7-31(30)49(44-39)27-9-14-53-15-10-27/h6,11,17-21,23,27,37-38H,4-5,7-10,12-16,22H2,1-3H3,(H,51,52). The fourth-order valence-corrected chi connectivity index (χ4v) is 8.42. The summed E-state index contributed by atoms with van der Waals surface area (Å²) in [6, 6.07) is 7.04. The molecule has 0 radical (unpaired) electrons. The number of carbonyl (C=O) groups excluding carboxylic acids is 1. The summed E-state index contributed by atoms with van der Waals surface area (Å²) in [5.74, 6) is -0.913. The van der Waals surface area contributed by atoms with Gasteiger partial charge in [0.15, 0.2) is 11.6 Å². The number of nitrogens with zero attached hydrogens (tertiary/aromatic N) is 7. The first-order valence-electron chi connectivity index (χ1n) is 19.0. The molecule has 55 heavy (non-hydrogen) atoms. The van der Waals surface area contributed by atoms with E-state index < -0.39 is 18.3 Å². The number of hydrogen-bond donors (Lipinski definition) is 1. The Kier molecular flexibility index (Phi) is 10.1. The molecule has 290 valence electrons. The second kappa shape index (κ2) is 15.1. The van der Waals surface area contributed by atoms with E-state index in [-0.39, 0.29) is 41.7 Å². The van der Waals surface area contributed by atoms with Crippen LogP contribution in [-0.4, -0.2) is 79.3 Å². The number of aryl methyl sites for hydroxylation is 1. The third-order valence-corrected chi connectivity index (χ3v) is 11.2. The minimum atomic E-state index is -2.77. The van der Waals surface area contributed by atoms with E-state index in [0.717, 1.165) is 52.9 Å². The normalized spacial score (nSPS) is 16.9. The van der Waals surface area contributed by atoms with Crippen LogP contribution < -0.4 is 9.64 Å². The number of carboxylic acids is 1. The molecule has 7 heterocycles. The molecule has 0 spiro atoms. The van der Waals surface area contributed by atoms with Gasteiger partial charge in [-0.3, -0.25) is 19.3 Å². The van der Waals surface area contributed by atoms with Crippen LogP contribution in [0.3, 0.4) is 0 Å². The lowest BCUT2D eigenvalue weighted by Gasteiger charge is -2.33. The number of rotatable bonds is 11. The number of benzene rings is 1. The minimum absolute atomic E-state index is 0.00117. The van der Waals surface area contributed by atoms with E-state index >= 15 is 8.78 Å². The quantitative estimate of drug-likeness (QED) is 0.151. The van der Waals surface area contributed by atoms with Crippen LogP contribution in [0.5, 0.6) is 5.88 Å². The van der Waals surface area contributed by atoms with Crippen molar-refractivity contribution in [2.45, 2.75) is 84.2 Å².